The third kappa shape index (κ3) is 1.87. The van der Waals surface area contributed by atoms with Crippen LogP contribution in [0.25, 0.3) is 0 Å². The van der Waals surface area contributed by atoms with Crippen molar-refractivity contribution in [3.63, 3.8) is 0 Å². The maximum absolute atomic E-state index is 13.3. The van der Waals surface area contributed by atoms with Crippen molar-refractivity contribution in [2.45, 2.75) is 43.2 Å². The largest absolute Gasteiger partial charge is 0.450 e. The molecule has 3 fully saturated rings. The first-order valence-corrected chi connectivity index (χ1v) is 9.29. The summed E-state index contributed by atoms with van der Waals surface area (Å²) < 4.78 is 6.22. The van der Waals surface area contributed by atoms with Crippen molar-refractivity contribution in [2.75, 3.05) is 13.1 Å². The Bertz CT molecular complexity index is 822. The van der Waals surface area contributed by atoms with Gasteiger partial charge in [0.2, 0.25) is 0 Å². The molecule has 1 aromatic rings. The van der Waals surface area contributed by atoms with Gasteiger partial charge in [-0.05, 0) is 31.9 Å². The molecule has 3 heterocycles. The van der Waals surface area contributed by atoms with Gasteiger partial charge in [0.25, 0.3) is 0 Å². The van der Waals surface area contributed by atoms with Gasteiger partial charge in [-0.15, -0.1) is 0 Å². The first-order chi connectivity index (χ1) is 12.2. The monoisotopic (exact) mass is 333 g/mol. The highest BCUT2D eigenvalue weighted by atomic mass is 16.6. The first kappa shape index (κ1) is 15.2. The average molecular weight is 333 g/mol. The number of nitrogens with zero attached hydrogens (tertiary/aromatic N) is 1. The van der Waals surface area contributed by atoms with E-state index in [9.17, 15) is 4.79 Å². The molecule has 0 aromatic heterocycles. The number of ether oxygens (including phenoxy) is 1. The van der Waals surface area contributed by atoms with E-state index < -0.39 is 11.0 Å². The van der Waals surface area contributed by atoms with Crippen molar-refractivity contribution in [1.82, 2.24) is 4.90 Å². The van der Waals surface area contributed by atoms with Gasteiger partial charge in [0.05, 0.1) is 6.04 Å². The van der Waals surface area contributed by atoms with Crippen LogP contribution in [0, 0.1) is 0 Å². The second-order valence-electron chi connectivity index (χ2n) is 7.76. The van der Waals surface area contributed by atoms with Gasteiger partial charge in [0.15, 0.2) is 5.60 Å². The molecule has 3 atom stereocenters. The Labute approximate surface area is 148 Å². The highest BCUT2D eigenvalue weighted by Gasteiger charge is 2.69. The van der Waals surface area contributed by atoms with Crippen LogP contribution in [-0.2, 0) is 14.9 Å². The lowest BCUT2D eigenvalue weighted by molar-refractivity contribution is -0.180. The Hall–Kier alpha value is -2.13. The summed E-state index contributed by atoms with van der Waals surface area (Å²) in [6.45, 7) is 4.05. The molecule has 1 aromatic carbocycles. The minimum absolute atomic E-state index is 0.116. The van der Waals surface area contributed by atoms with Crippen molar-refractivity contribution in [2.24, 2.45) is 0 Å². The van der Waals surface area contributed by atoms with Gasteiger partial charge < -0.3 is 4.74 Å². The summed E-state index contributed by atoms with van der Waals surface area (Å²) in [5.41, 5.74) is 2.09. The van der Waals surface area contributed by atoms with E-state index in [1.807, 2.05) is 18.2 Å². The van der Waals surface area contributed by atoms with E-state index in [-0.39, 0.29) is 5.97 Å². The topological polar surface area (TPSA) is 29.5 Å². The van der Waals surface area contributed by atoms with Crippen LogP contribution in [-0.4, -0.2) is 35.6 Å². The number of allylic oxidation sites excluding steroid dienone is 4. The molecule has 5 rings (SSSR count). The first-order valence-electron chi connectivity index (χ1n) is 9.29. The maximum atomic E-state index is 13.3. The standard InChI is InChI=1S/C22H23NO2/c1-16-10-11-18-21(13-12-16,17-7-3-2-4-8-17)20(24)25-22(18)15-23-14-6-5-9-19(22)23/h2-4,7-8,10-13,19H,5-6,9,14-15H2,1H3/t19-,21-,22+/m0/s1. The van der Waals surface area contributed by atoms with Gasteiger partial charge in [-0.1, -0.05) is 66.6 Å². The lowest BCUT2D eigenvalue weighted by Gasteiger charge is -2.57. The number of hydrogen-bond donors (Lipinski definition) is 0. The molecule has 1 spiro atoms. The van der Waals surface area contributed by atoms with Crippen molar-refractivity contribution in [3.8, 4) is 0 Å². The fourth-order valence-corrected chi connectivity index (χ4v) is 5.14. The number of carbonyl (C=O) groups is 1. The van der Waals surface area contributed by atoms with E-state index in [0.717, 1.165) is 30.6 Å². The van der Waals surface area contributed by atoms with Crippen molar-refractivity contribution in [1.29, 1.82) is 0 Å². The molecule has 1 aliphatic carbocycles. The molecule has 128 valence electrons. The number of esters is 1. The molecule has 0 radical (unpaired) electrons. The van der Waals surface area contributed by atoms with E-state index in [1.165, 1.54) is 18.4 Å². The normalized spacial score (nSPS) is 36.7. The Kier molecular flexibility index (Phi) is 3.14. The van der Waals surface area contributed by atoms with Crippen LogP contribution in [0.2, 0.25) is 0 Å². The smallest absolute Gasteiger partial charge is 0.325 e. The van der Waals surface area contributed by atoms with Crippen LogP contribution in [0.3, 0.4) is 0 Å². The van der Waals surface area contributed by atoms with E-state index in [1.54, 1.807) is 0 Å². The lowest BCUT2D eigenvalue weighted by atomic mass is 9.64. The zero-order chi connectivity index (χ0) is 17.1. The molecule has 0 N–H and O–H groups in total. The number of benzene rings is 1. The summed E-state index contributed by atoms with van der Waals surface area (Å²) in [5, 5.41) is 0. The van der Waals surface area contributed by atoms with Gasteiger partial charge in [0.1, 0.15) is 5.41 Å². The van der Waals surface area contributed by atoms with Crippen LogP contribution >= 0.6 is 0 Å². The van der Waals surface area contributed by atoms with Crippen molar-refractivity contribution < 1.29 is 9.53 Å². The minimum atomic E-state index is -0.779. The summed E-state index contributed by atoms with van der Waals surface area (Å²) in [6, 6.07) is 10.4. The number of hydrogen-bond acceptors (Lipinski definition) is 3. The molecule has 3 aliphatic heterocycles. The summed E-state index contributed by atoms with van der Waals surface area (Å²) in [5.74, 6) is -0.116. The van der Waals surface area contributed by atoms with Crippen molar-refractivity contribution in [3.05, 3.63) is 71.3 Å². The number of rotatable bonds is 1. The number of fused-ring (bicyclic) bond motifs is 4. The van der Waals surface area contributed by atoms with Crippen LogP contribution in [0.1, 0.15) is 31.7 Å². The minimum Gasteiger partial charge on any atom is -0.450 e. The Balaban J connectivity index is 1.70. The van der Waals surface area contributed by atoms with Crippen LogP contribution in [0.15, 0.2) is 65.8 Å². The van der Waals surface area contributed by atoms with Crippen LogP contribution in [0.4, 0.5) is 0 Å². The Morgan fingerprint density at radius 3 is 2.80 bits per heavy atom. The Morgan fingerprint density at radius 1 is 1.16 bits per heavy atom. The van der Waals surface area contributed by atoms with Gasteiger partial charge in [-0.25, -0.2) is 0 Å². The molecule has 0 amide bonds. The zero-order valence-corrected chi connectivity index (χ0v) is 14.6. The molecule has 4 aliphatic rings. The van der Waals surface area contributed by atoms with Gasteiger partial charge >= 0.3 is 5.97 Å². The van der Waals surface area contributed by atoms with E-state index in [2.05, 4.69) is 48.3 Å². The molecule has 3 saturated heterocycles. The zero-order valence-electron chi connectivity index (χ0n) is 14.6. The van der Waals surface area contributed by atoms with E-state index >= 15 is 0 Å². The highest BCUT2D eigenvalue weighted by Crippen LogP contribution is 2.57. The second kappa shape index (κ2) is 5.18. The third-order valence-corrected chi connectivity index (χ3v) is 6.41. The molecular weight excluding hydrogens is 310 g/mol. The highest BCUT2D eigenvalue weighted by molar-refractivity contribution is 5.95. The summed E-state index contributed by atoms with van der Waals surface area (Å²) in [6.07, 6.45) is 12.0. The average Bonchev–Trinajstić information content (AvgIpc) is 2.75. The predicted octanol–water partition coefficient (Wildman–Crippen LogP) is 3.53. The van der Waals surface area contributed by atoms with E-state index in [0.29, 0.717) is 6.04 Å². The van der Waals surface area contributed by atoms with Gasteiger partial charge in [-0.2, -0.15) is 0 Å². The summed E-state index contributed by atoms with van der Waals surface area (Å²) >= 11 is 0. The fourth-order valence-electron chi connectivity index (χ4n) is 5.14. The number of carbonyl (C=O) groups excluding carboxylic acids is 1. The lowest BCUT2D eigenvalue weighted by Crippen LogP contribution is -2.71. The maximum Gasteiger partial charge on any atom is 0.325 e. The quantitative estimate of drug-likeness (QED) is 0.736. The summed E-state index contributed by atoms with van der Waals surface area (Å²) in [4.78, 5) is 15.8. The molecule has 0 saturated carbocycles. The molecular formula is C22H23NO2. The molecule has 3 nitrogen and oxygen atoms in total. The predicted molar refractivity (Wildman–Crippen MR) is 97.1 cm³/mol. The molecule has 0 unspecified atom stereocenters. The van der Waals surface area contributed by atoms with E-state index in [4.69, 9.17) is 4.74 Å². The van der Waals surface area contributed by atoms with Crippen LogP contribution in [0.5, 0.6) is 0 Å². The van der Waals surface area contributed by atoms with Gasteiger partial charge in [-0.3, -0.25) is 9.69 Å². The molecule has 0 bridgehead atoms. The second-order valence-corrected chi connectivity index (χ2v) is 7.76. The molecule has 3 heteroatoms. The Morgan fingerprint density at radius 2 is 2.00 bits per heavy atom. The van der Waals surface area contributed by atoms with Crippen molar-refractivity contribution >= 4 is 5.97 Å². The summed E-state index contributed by atoms with van der Waals surface area (Å²) in [7, 11) is 0. The van der Waals surface area contributed by atoms with Crippen LogP contribution < -0.4 is 0 Å². The van der Waals surface area contributed by atoms with Gasteiger partial charge in [0, 0.05) is 12.1 Å². The fraction of sp³-hybridized carbons (Fsp3) is 0.409. The SMILES string of the molecule is CC1=CC=C2[C@@](c3ccccc3)(C=C1)C(=O)O[C@]21CN2CCCC[C@H]21. The number of piperidine rings is 1. The third-order valence-electron chi connectivity index (χ3n) is 6.41. The molecule has 25 heavy (non-hydrogen) atoms.